The number of amides is 2. The Labute approximate surface area is 205 Å². The molecule has 0 aliphatic rings. The predicted molar refractivity (Wildman–Crippen MR) is 122 cm³/mol. The summed E-state index contributed by atoms with van der Waals surface area (Å²) in [6, 6.07) is 8.23. The van der Waals surface area contributed by atoms with Crippen LogP contribution in [0.3, 0.4) is 0 Å². The van der Waals surface area contributed by atoms with Crippen LogP contribution in [0, 0.1) is 0 Å². The van der Waals surface area contributed by atoms with E-state index in [0.29, 0.717) is 11.3 Å². The van der Waals surface area contributed by atoms with Gasteiger partial charge in [0.2, 0.25) is 0 Å². The molecule has 7 nitrogen and oxygen atoms in total. The molecule has 0 unspecified atom stereocenters. The SMILES string of the molecule is Cn1cc(-c2cc(Oc3ccc(C(F)(F)F)c(NC(=O)Nc4ccc(C(F)(F)F)cc4)c3)ccn2)cn1. The first kappa shape index (κ1) is 25.5. The van der Waals surface area contributed by atoms with Gasteiger partial charge in [0.25, 0.3) is 0 Å². The molecule has 0 fully saturated rings. The van der Waals surface area contributed by atoms with E-state index in [1.165, 1.54) is 12.3 Å². The molecule has 13 heteroatoms. The summed E-state index contributed by atoms with van der Waals surface area (Å²) in [5.41, 5.74) is -1.53. The first-order valence-electron chi connectivity index (χ1n) is 10.5. The van der Waals surface area contributed by atoms with Gasteiger partial charge < -0.3 is 15.4 Å². The number of ether oxygens (including phenoxy) is 1. The number of urea groups is 1. The zero-order valence-corrected chi connectivity index (χ0v) is 18.9. The minimum Gasteiger partial charge on any atom is -0.457 e. The topological polar surface area (TPSA) is 81.1 Å². The summed E-state index contributed by atoms with van der Waals surface area (Å²) in [6.45, 7) is 0. The van der Waals surface area contributed by atoms with Gasteiger partial charge in [0.1, 0.15) is 11.5 Å². The van der Waals surface area contributed by atoms with Gasteiger partial charge in [0, 0.05) is 42.8 Å². The quantitative estimate of drug-likeness (QED) is 0.279. The van der Waals surface area contributed by atoms with E-state index in [0.717, 1.165) is 42.5 Å². The third-order valence-electron chi connectivity index (χ3n) is 4.98. The Morgan fingerprint density at radius 1 is 0.892 bits per heavy atom. The number of hydrogen-bond donors (Lipinski definition) is 2. The Balaban J connectivity index is 1.54. The summed E-state index contributed by atoms with van der Waals surface area (Å²) in [5, 5.41) is 8.34. The average Bonchev–Trinajstić information content (AvgIpc) is 3.25. The van der Waals surface area contributed by atoms with Crippen LogP contribution in [-0.2, 0) is 19.4 Å². The molecule has 2 aromatic carbocycles. The van der Waals surface area contributed by atoms with Crippen molar-refractivity contribution in [3.05, 3.63) is 84.3 Å². The number of halogens is 6. The maximum atomic E-state index is 13.5. The number of anilines is 2. The van der Waals surface area contributed by atoms with Crippen LogP contribution in [0.5, 0.6) is 11.5 Å². The molecule has 2 aromatic heterocycles. The molecule has 2 amide bonds. The lowest BCUT2D eigenvalue weighted by Crippen LogP contribution is -2.22. The minimum atomic E-state index is -4.81. The molecule has 0 saturated carbocycles. The van der Waals surface area contributed by atoms with Crippen molar-refractivity contribution in [1.82, 2.24) is 14.8 Å². The van der Waals surface area contributed by atoms with E-state index in [1.54, 1.807) is 30.2 Å². The van der Waals surface area contributed by atoms with Crippen LogP contribution in [0.2, 0.25) is 0 Å². The Kier molecular flexibility index (Phi) is 6.79. The molecule has 0 aliphatic heterocycles. The van der Waals surface area contributed by atoms with Gasteiger partial charge in [0.15, 0.2) is 0 Å². The molecule has 0 radical (unpaired) electrons. The number of aromatic nitrogens is 3. The highest BCUT2D eigenvalue weighted by Gasteiger charge is 2.34. The Hall–Kier alpha value is -4.55. The Morgan fingerprint density at radius 2 is 1.59 bits per heavy atom. The van der Waals surface area contributed by atoms with Gasteiger partial charge in [0.05, 0.1) is 28.7 Å². The van der Waals surface area contributed by atoms with Crippen LogP contribution in [0.15, 0.2) is 73.2 Å². The molecule has 0 bridgehead atoms. The summed E-state index contributed by atoms with van der Waals surface area (Å²) >= 11 is 0. The highest BCUT2D eigenvalue weighted by atomic mass is 19.4. The van der Waals surface area contributed by atoms with Crippen LogP contribution >= 0.6 is 0 Å². The minimum absolute atomic E-state index is 0.0128. The van der Waals surface area contributed by atoms with Gasteiger partial charge in [-0.1, -0.05) is 0 Å². The maximum absolute atomic E-state index is 13.5. The lowest BCUT2D eigenvalue weighted by Gasteiger charge is -2.16. The Morgan fingerprint density at radius 3 is 2.22 bits per heavy atom. The van der Waals surface area contributed by atoms with E-state index in [-0.39, 0.29) is 17.2 Å². The van der Waals surface area contributed by atoms with Crippen molar-refractivity contribution in [2.75, 3.05) is 10.6 Å². The monoisotopic (exact) mass is 521 g/mol. The van der Waals surface area contributed by atoms with Gasteiger partial charge in [-0.05, 0) is 42.5 Å². The van der Waals surface area contributed by atoms with E-state index in [1.807, 2.05) is 0 Å². The van der Waals surface area contributed by atoms with E-state index in [4.69, 9.17) is 4.74 Å². The fraction of sp³-hybridized carbons (Fsp3) is 0.125. The Bertz CT molecular complexity index is 1410. The van der Waals surface area contributed by atoms with Crippen molar-refractivity contribution in [3.8, 4) is 22.8 Å². The van der Waals surface area contributed by atoms with Crippen molar-refractivity contribution >= 4 is 17.4 Å². The first-order valence-corrected chi connectivity index (χ1v) is 10.5. The number of alkyl halides is 6. The van der Waals surface area contributed by atoms with Crippen molar-refractivity contribution in [2.45, 2.75) is 12.4 Å². The van der Waals surface area contributed by atoms with Crippen LogP contribution in [0.1, 0.15) is 11.1 Å². The number of pyridine rings is 1. The van der Waals surface area contributed by atoms with Crippen molar-refractivity contribution < 1.29 is 35.9 Å². The zero-order valence-electron chi connectivity index (χ0n) is 18.9. The summed E-state index contributed by atoms with van der Waals surface area (Å²) in [5.74, 6) is 0.259. The number of carbonyl (C=O) groups is 1. The van der Waals surface area contributed by atoms with Gasteiger partial charge in [-0.15, -0.1) is 0 Å². The predicted octanol–water partition coefficient (Wildman–Crippen LogP) is 6.96. The summed E-state index contributed by atoms with van der Waals surface area (Å²) < 4.78 is 86.0. The number of carbonyl (C=O) groups excluding carboxylic acids is 1. The number of aryl methyl sites for hydroxylation is 1. The van der Waals surface area contributed by atoms with Crippen LogP contribution in [0.25, 0.3) is 11.3 Å². The lowest BCUT2D eigenvalue weighted by atomic mass is 10.1. The third-order valence-corrected chi connectivity index (χ3v) is 4.98. The second-order valence-electron chi connectivity index (χ2n) is 7.74. The number of nitrogens with zero attached hydrogens (tertiary/aromatic N) is 3. The fourth-order valence-electron chi connectivity index (χ4n) is 3.29. The van der Waals surface area contributed by atoms with E-state index >= 15 is 0 Å². The van der Waals surface area contributed by atoms with Gasteiger partial charge in [-0.2, -0.15) is 31.4 Å². The smallest absolute Gasteiger partial charge is 0.418 e. The first-order chi connectivity index (χ1) is 17.4. The zero-order chi connectivity index (χ0) is 26.8. The molecule has 4 aromatic rings. The molecule has 0 spiro atoms. The second kappa shape index (κ2) is 9.84. The fourth-order valence-corrected chi connectivity index (χ4v) is 3.29. The highest BCUT2D eigenvalue weighted by Crippen LogP contribution is 2.38. The summed E-state index contributed by atoms with van der Waals surface area (Å²) in [7, 11) is 1.73. The van der Waals surface area contributed by atoms with E-state index < -0.39 is 35.2 Å². The molecule has 37 heavy (non-hydrogen) atoms. The molecular formula is C24H17F6N5O2. The van der Waals surface area contributed by atoms with Crippen molar-refractivity contribution in [3.63, 3.8) is 0 Å². The third kappa shape index (κ3) is 6.37. The average molecular weight is 521 g/mol. The largest absolute Gasteiger partial charge is 0.457 e. The van der Waals surface area contributed by atoms with Crippen LogP contribution in [0.4, 0.5) is 42.5 Å². The van der Waals surface area contributed by atoms with E-state index in [9.17, 15) is 31.1 Å². The molecule has 0 aliphatic carbocycles. The summed E-state index contributed by atoms with van der Waals surface area (Å²) in [4.78, 5) is 16.6. The molecule has 2 N–H and O–H groups in total. The summed E-state index contributed by atoms with van der Waals surface area (Å²) in [6.07, 6.45) is -4.61. The second-order valence-corrected chi connectivity index (χ2v) is 7.74. The number of rotatable bonds is 5. The molecule has 0 atom stereocenters. The van der Waals surface area contributed by atoms with Crippen molar-refractivity contribution in [1.29, 1.82) is 0 Å². The van der Waals surface area contributed by atoms with Crippen LogP contribution in [-0.4, -0.2) is 20.8 Å². The van der Waals surface area contributed by atoms with Gasteiger partial charge in [-0.3, -0.25) is 9.67 Å². The molecule has 2 heterocycles. The number of hydrogen-bond acceptors (Lipinski definition) is 4. The number of benzene rings is 2. The van der Waals surface area contributed by atoms with Crippen LogP contribution < -0.4 is 15.4 Å². The normalized spacial score (nSPS) is 11.8. The lowest BCUT2D eigenvalue weighted by molar-refractivity contribution is -0.138. The maximum Gasteiger partial charge on any atom is 0.418 e. The van der Waals surface area contributed by atoms with E-state index in [2.05, 4.69) is 20.7 Å². The van der Waals surface area contributed by atoms with Gasteiger partial charge >= 0.3 is 18.4 Å². The standard InChI is InChI=1S/C24H17F6N5O2/c1-35-13-14(12-32-35)20-10-18(8-9-31-20)37-17-6-7-19(24(28,29)30)21(11-17)34-22(36)33-16-4-2-15(3-5-16)23(25,26)27/h2-13H,1H3,(H2,33,34,36). The van der Waals surface area contributed by atoms with Crippen molar-refractivity contribution in [2.24, 2.45) is 7.05 Å². The molecule has 4 rings (SSSR count). The van der Waals surface area contributed by atoms with Gasteiger partial charge in [-0.25, -0.2) is 4.79 Å². The molecule has 0 saturated heterocycles. The highest BCUT2D eigenvalue weighted by molar-refractivity contribution is 6.00. The molecule has 192 valence electrons. The molecular weight excluding hydrogens is 504 g/mol. The number of nitrogens with one attached hydrogen (secondary N) is 2.